The van der Waals surface area contributed by atoms with Crippen LogP contribution in [0.1, 0.15) is 19.3 Å². The number of nitrogens with two attached hydrogens (primary N) is 1. The number of hydroxylamine groups is 1. The summed E-state index contributed by atoms with van der Waals surface area (Å²) in [4.78, 5) is 34.1. The molecule has 0 aromatic rings. The number of rotatable bonds is 3. The van der Waals surface area contributed by atoms with Crippen LogP contribution in [-0.4, -0.2) is 36.7 Å². The van der Waals surface area contributed by atoms with E-state index in [1.165, 1.54) is 6.08 Å². The molecule has 1 saturated heterocycles. The highest BCUT2D eigenvalue weighted by Crippen LogP contribution is 2.37. The Morgan fingerprint density at radius 3 is 3.04 bits per heavy atom. The van der Waals surface area contributed by atoms with Gasteiger partial charge in [0.25, 0.3) is 5.91 Å². The molecule has 1 amide bonds. The van der Waals surface area contributed by atoms with Gasteiger partial charge in [0.2, 0.25) is 0 Å². The number of primary amides is 1. The highest BCUT2D eigenvalue weighted by molar-refractivity contribution is 6.40. The first-order valence-electron chi connectivity index (χ1n) is 7.83. The lowest BCUT2D eigenvalue weighted by Gasteiger charge is -2.25. The molecule has 0 bridgehead atoms. The van der Waals surface area contributed by atoms with Crippen molar-refractivity contribution < 1.29 is 23.7 Å². The van der Waals surface area contributed by atoms with Gasteiger partial charge >= 0.3 is 0 Å². The molecule has 129 valence electrons. The summed E-state index contributed by atoms with van der Waals surface area (Å²) in [5.74, 6) is -2.47. The van der Waals surface area contributed by atoms with Gasteiger partial charge in [-0.2, -0.15) is 0 Å². The average molecular weight is 336 g/mol. The maximum Gasteiger partial charge on any atom is 0.267 e. The Labute approximate surface area is 138 Å². The molecule has 3 aliphatic rings. The van der Waals surface area contributed by atoms with E-state index in [1.807, 2.05) is 0 Å². The summed E-state index contributed by atoms with van der Waals surface area (Å²) in [6.45, 7) is 4.72. The van der Waals surface area contributed by atoms with E-state index in [4.69, 9.17) is 15.4 Å². The Morgan fingerprint density at radius 1 is 1.50 bits per heavy atom. The van der Waals surface area contributed by atoms with Crippen molar-refractivity contribution in [1.29, 1.82) is 0 Å². The zero-order chi connectivity index (χ0) is 17.3. The van der Waals surface area contributed by atoms with Crippen molar-refractivity contribution in [3.05, 3.63) is 30.0 Å². The van der Waals surface area contributed by atoms with Gasteiger partial charge in [-0.15, -0.1) is 0 Å². The lowest BCUT2D eigenvalue weighted by molar-refractivity contribution is -0.116. The number of amides is 1. The number of hydrogen-bond donors (Lipinski definition) is 2. The lowest BCUT2D eigenvalue weighted by Crippen LogP contribution is -2.35. The summed E-state index contributed by atoms with van der Waals surface area (Å²) in [7, 11) is 0. The van der Waals surface area contributed by atoms with Crippen molar-refractivity contribution in [3.8, 4) is 0 Å². The number of oxime groups is 1. The number of ketones is 1. The molecule has 0 aromatic heterocycles. The number of allylic oxidation sites excluding steroid dienone is 2. The van der Waals surface area contributed by atoms with Crippen molar-refractivity contribution in [2.45, 2.75) is 25.4 Å². The minimum absolute atomic E-state index is 0.102. The Kier molecular flexibility index (Phi) is 4.77. The van der Waals surface area contributed by atoms with Gasteiger partial charge < -0.3 is 15.4 Å². The van der Waals surface area contributed by atoms with Gasteiger partial charge in [0.1, 0.15) is 11.9 Å². The summed E-state index contributed by atoms with van der Waals surface area (Å²) in [6, 6.07) is 0. The van der Waals surface area contributed by atoms with Crippen molar-refractivity contribution in [2.75, 3.05) is 13.2 Å². The van der Waals surface area contributed by atoms with Gasteiger partial charge in [-0.1, -0.05) is 5.16 Å². The van der Waals surface area contributed by atoms with Crippen LogP contribution >= 0.6 is 0 Å². The summed E-state index contributed by atoms with van der Waals surface area (Å²) < 4.78 is 14.7. The van der Waals surface area contributed by atoms with E-state index >= 15 is 0 Å². The Hall–Kier alpha value is -2.06. The summed E-state index contributed by atoms with van der Waals surface area (Å²) in [5.41, 5.74) is 8.52. The van der Waals surface area contributed by atoms with E-state index in [-0.39, 0.29) is 29.4 Å². The van der Waals surface area contributed by atoms with Crippen LogP contribution in [-0.2, 0) is 19.3 Å². The molecule has 2 heterocycles. The third-order valence-electron chi connectivity index (χ3n) is 4.51. The van der Waals surface area contributed by atoms with Gasteiger partial charge in [-0.25, -0.2) is 9.87 Å². The van der Waals surface area contributed by atoms with Crippen molar-refractivity contribution >= 4 is 17.4 Å². The number of halogens is 1. The molecule has 3 unspecified atom stereocenters. The molecule has 7 nitrogen and oxygen atoms in total. The van der Waals surface area contributed by atoms with Crippen molar-refractivity contribution in [1.82, 2.24) is 5.48 Å². The second kappa shape index (κ2) is 6.82. The molecule has 1 fully saturated rings. The standard InChI is InChI=1S/C16H19FN3O4/c1-8-14(15(16(18)22)20-24-8)11-6-13(21)10(5-12(11)17)9-3-2-4-23-19-7-9/h5,8-9,14,19H,1-4,6-7H2,(H2,18,22). The molecule has 1 radical (unpaired) electrons. The topological polar surface area (TPSA) is 103 Å². The largest absolute Gasteiger partial charge is 0.391 e. The van der Waals surface area contributed by atoms with Gasteiger partial charge in [-0.3, -0.25) is 9.59 Å². The first kappa shape index (κ1) is 16.8. The van der Waals surface area contributed by atoms with E-state index in [1.54, 1.807) is 0 Å². The molecule has 3 N–H and O–H groups in total. The molecule has 0 aromatic carbocycles. The SMILES string of the molecule is [CH2]C1ON=C(C(N)=O)C1C1=C(F)C=C(C2CCCONC2)C(=O)C1. The van der Waals surface area contributed by atoms with Crippen LogP contribution in [0.3, 0.4) is 0 Å². The number of nitrogens with one attached hydrogen (secondary N) is 1. The van der Waals surface area contributed by atoms with Crippen molar-refractivity contribution in [2.24, 2.45) is 22.7 Å². The highest BCUT2D eigenvalue weighted by Gasteiger charge is 2.41. The highest BCUT2D eigenvalue weighted by atomic mass is 19.1. The fourth-order valence-corrected chi connectivity index (χ4v) is 3.28. The zero-order valence-corrected chi connectivity index (χ0v) is 13.1. The average Bonchev–Trinajstić information content (AvgIpc) is 2.75. The van der Waals surface area contributed by atoms with Gasteiger partial charge in [-0.05, 0) is 31.4 Å². The minimum atomic E-state index is -0.833. The molecule has 24 heavy (non-hydrogen) atoms. The van der Waals surface area contributed by atoms with E-state index in [0.29, 0.717) is 18.7 Å². The first-order chi connectivity index (χ1) is 11.5. The van der Waals surface area contributed by atoms with Gasteiger partial charge in [0, 0.05) is 24.5 Å². The van der Waals surface area contributed by atoms with Crippen LogP contribution in [0, 0.1) is 18.8 Å². The maximum absolute atomic E-state index is 14.7. The van der Waals surface area contributed by atoms with Crippen molar-refractivity contribution in [3.63, 3.8) is 0 Å². The van der Waals surface area contributed by atoms with Crippen LogP contribution in [0.4, 0.5) is 4.39 Å². The normalized spacial score (nSPS) is 31.2. The summed E-state index contributed by atoms with van der Waals surface area (Å²) in [6.07, 6.45) is 1.86. The quantitative estimate of drug-likeness (QED) is 0.791. The van der Waals surface area contributed by atoms with E-state index in [2.05, 4.69) is 17.6 Å². The Morgan fingerprint density at radius 2 is 2.29 bits per heavy atom. The molecular weight excluding hydrogens is 317 g/mol. The lowest BCUT2D eigenvalue weighted by atomic mass is 9.79. The van der Waals surface area contributed by atoms with Crippen LogP contribution < -0.4 is 11.2 Å². The minimum Gasteiger partial charge on any atom is -0.391 e. The van der Waals surface area contributed by atoms with E-state index in [9.17, 15) is 14.0 Å². The summed E-state index contributed by atoms with van der Waals surface area (Å²) in [5, 5.41) is 3.57. The predicted molar refractivity (Wildman–Crippen MR) is 82.9 cm³/mol. The third kappa shape index (κ3) is 3.11. The molecule has 3 rings (SSSR count). The third-order valence-corrected chi connectivity index (χ3v) is 4.51. The fourth-order valence-electron chi connectivity index (χ4n) is 3.28. The number of carbonyl (C=O) groups excluding carboxylic acids is 2. The van der Waals surface area contributed by atoms with Gasteiger partial charge in [0.15, 0.2) is 11.5 Å². The fraction of sp³-hybridized carbons (Fsp3) is 0.500. The number of hydrogen-bond acceptors (Lipinski definition) is 6. The number of carbonyl (C=O) groups is 2. The zero-order valence-electron chi connectivity index (χ0n) is 13.1. The Balaban J connectivity index is 1.90. The van der Waals surface area contributed by atoms with E-state index < -0.39 is 23.8 Å². The maximum atomic E-state index is 14.7. The van der Waals surface area contributed by atoms with Crippen LogP contribution in [0.15, 0.2) is 28.2 Å². The monoisotopic (exact) mass is 336 g/mol. The smallest absolute Gasteiger partial charge is 0.267 e. The first-order valence-corrected chi connectivity index (χ1v) is 7.83. The molecular formula is C16H19FN3O4. The molecule has 1 aliphatic carbocycles. The summed E-state index contributed by atoms with van der Waals surface area (Å²) >= 11 is 0. The van der Waals surface area contributed by atoms with E-state index in [0.717, 1.165) is 12.8 Å². The van der Waals surface area contributed by atoms with Crippen LogP contribution in [0.25, 0.3) is 0 Å². The van der Waals surface area contributed by atoms with Crippen LogP contribution in [0.2, 0.25) is 0 Å². The molecule has 8 heteroatoms. The van der Waals surface area contributed by atoms with Gasteiger partial charge in [0.05, 0.1) is 12.5 Å². The predicted octanol–water partition coefficient (Wildman–Crippen LogP) is 0.731. The Bertz CT molecular complexity index is 648. The molecule has 0 spiro atoms. The molecule has 2 aliphatic heterocycles. The number of Topliss-reactive ketones (excluding diaryl/α,β-unsaturated/α-hetero) is 1. The second-order valence-electron chi connectivity index (χ2n) is 6.07. The molecule has 3 atom stereocenters. The molecule has 0 saturated carbocycles. The second-order valence-corrected chi connectivity index (χ2v) is 6.07. The van der Waals surface area contributed by atoms with Crippen LogP contribution in [0.5, 0.6) is 0 Å². The number of nitrogens with zero attached hydrogens (tertiary/aromatic N) is 1.